The molecule has 30 heavy (non-hydrogen) atoms. The highest BCUT2D eigenvalue weighted by Crippen LogP contribution is 2.36. The highest BCUT2D eigenvalue weighted by atomic mass is 16.5. The minimum Gasteiger partial charge on any atom is -0.400 e. The van der Waals surface area contributed by atoms with E-state index in [1.807, 2.05) is 51.1 Å². The van der Waals surface area contributed by atoms with Crippen molar-refractivity contribution in [3.63, 3.8) is 0 Å². The van der Waals surface area contributed by atoms with Gasteiger partial charge in [0.15, 0.2) is 12.4 Å². The van der Waals surface area contributed by atoms with Crippen molar-refractivity contribution >= 4 is 17.1 Å². The lowest BCUT2D eigenvalue weighted by Gasteiger charge is -2.28. The lowest BCUT2D eigenvalue weighted by molar-refractivity contribution is -0.129. The van der Waals surface area contributed by atoms with Gasteiger partial charge in [0, 0.05) is 25.1 Å². The van der Waals surface area contributed by atoms with Gasteiger partial charge in [0.25, 0.3) is 5.56 Å². The molecule has 1 N–H and O–H groups in total. The number of fused-ring (bicyclic) bond motifs is 1. The van der Waals surface area contributed by atoms with Crippen LogP contribution in [0, 0.1) is 13.8 Å². The van der Waals surface area contributed by atoms with Crippen molar-refractivity contribution in [2.24, 2.45) is 7.05 Å². The Morgan fingerprint density at radius 2 is 1.60 bits per heavy atom. The molecule has 0 amide bonds. The molecule has 1 atom stereocenters. The van der Waals surface area contributed by atoms with Gasteiger partial charge in [-0.25, -0.2) is 0 Å². The summed E-state index contributed by atoms with van der Waals surface area (Å²) in [5, 5.41) is 8.45. The summed E-state index contributed by atoms with van der Waals surface area (Å²) in [4.78, 5) is 25.1. The molecule has 0 saturated carbocycles. The van der Waals surface area contributed by atoms with Crippen LogP contribution < -0.4 is 5.56 Å². The van der Waals surface area contributed by atoms with E-state index in [4.69, 9.17) is 9.84 Å². The number of benzene rings is 2. The predicted molar refractivity (Wildman–Crippen MR) is 122 cm³/mol. The average molecular weight is 410 g/mol. The van der Waals surface area contributed by atoms with Crippen LogP contribution in [-0.2, 0) is 16.6 Å². The molecule has 0 spiro atoms. The van der Waals surface area contributed by atoms with Crippen molar-refractivity contribution < 1.29 is 14.6 Å². The summed E-state index contributed by atoms with van der Waals surface area (Å²) in [5.74, 6) is 0. The first-order valence-corrected chi connectivity index (χ1v) is 9.91. The number of carbonyl (C=O) groups is 1. The largest absolute Gasteiger partial charge is 0.400 e. The van der Waals surface area contributed by atoms with Crippen LogP contribution in [-0.4, -0.2) is 28.7 Å². The second kappa shape index (κ2) is 9.37. The molecule has 2 aromatic carbocycles. The van der Waals surface area contributed by atoms with Crippen LogP contribution in [0.1, 0.15) is 43.7 Å². The number of aldehydes is 1. The summed E-state index contributed by atoms with van der Waals surface area (Å²) in [7, 11) is 2.71. The third-order valence-electron chi connectivity index (χ3n) is 5.02. The molecule has 0 fully saturated rings. The van der Waals surface area contributed by atoms with E-state index in [0.29, 0.717) is 11.1 Å². The number of aryl methyl sites for hydroxylation is 2. The molecule has 0 aliphatic heterocycles. The molecule has 0 radical (unpaired) electrons. The fraction of sp³-hybridized carbons (Fsp3) is 0.360. The van der Waals surface area contributed by atoms with Gasteiger partial charge < -0.3 is 19.2 Å². The number of aromatic nitrogens is 1. The van der Waals surface area contributed by atoms with Crippen LogP contribution in [0.25, 0.3) is 21.9 Å². The first-order chi connectivity index (χ1) is 14.1. The van der Waals surface area contributed by atoms with E-state index in [1.54, 1.807) is 11.6 Å². The number of rotatable bonds is 4. The summed E-state index contributed by atoms with van der Waals surface area (Å²) < 4.78 is 7.60. The summed E-state index contributed by atoms with van der Waals surface area (Å²) in [6.07, 6.45) is -0.0711. The van der Waals surface area contributed by atoms with Crippen LogP contribution in [0.3, 0.4) is 0 Å². The average Bonchev–Trinajstić information content (AvgIpc) is 2.72. The number of hydrogen-bond acceptors (Lipinski definition) is 4. The second-order valence-corrected chi connectivity index (χ2v) is 8.26. The zero-order valence-corrected chi connectivity index (χ0v) is 18.8. The van der Waals surface area contributed by atoms with E-state index in [2.05, 4.69) is 26.0 Å². The number of nitrogens with zero attached hydrogens (tertiary/aromatic N) is 1. The Kier molecular flexibility index (Phi) is 7.34. The van der Waals surface area contributed by atoms with Crippen LogP contribution in [0.5, 0.6) is 0 Å². The van der Waals surface area contributed by atoms with Crippen molar-refractivity contribution in [1.29, 1.82) is 0 Å². The molecular formula is C25H31NO4. The Bertz CT molecular complexity index is 1110. The summed E-state index contributed by atoms with van der Waals surface area (Å²) in [6.45, 7) is 9.83. The number of pyridine rings is 1. The van der Waals surface area contributed by atoms with Gasteiger partial charge in [-0.05, 0) is 62.8 Å². The lowest BCUT2D eigenvalue weighted by Crippen LogP contribution is -2.30. The van der Waals surface area contributed by atoms with E-state index >= 15 is 0 Å². The van der Waals surface area contributed by atoms with Gasteiger partial charge in [0.1, 0.15) is 0 Å². The minimum absolute atomic E-state index is 0.137. The molecule has 1 aromatic heterocycles. The number of ether oxygens (including phenoxy) is 1. The Hall–Kier alpha value is -2.76. The van der Waals surface area contributed by atoms with Gasteiger partial charge in [-0.15, -0.1) is 0 Å². The zero-order valence-electron chi connectivity index (χ0n) is 18.8. The molecule has 0 saturated heterocycles. The molecule has 5 heteroatoms. The monoisotopic (exact) mass is 409 g/mol. The third-order valence-corrected chi connectivity index (χ3v) is 5.02. The van der Waals surface area contributed by atoms with Crippen LogP contribution in [0.2, 0.25) is 0 Å². The smallest absolute Gasteiger partial charge is 0.258 e. The van der Waals surface area contributed by atoms with Crippen molar-refractivity contribution in [2.45, 2.75) is 46.3 Å². The van der Waals surface area contributed by atoms with Crippen molar-refractivity contribution in [3.05, 3.63) is 69.6 Å². The van der Waals surface area contributed by atoms with Crippen LogP contribution in [0.4, 0.5) is 0 Å². The highest BCUT2D eigenvalue weighted by molar-refractivity contribution is 5.98. The quantitative estimate of drug-likeness (QED) is 0.645. The maximum absolute atomic E-state index is 13.0. The number of aliphatic hydroxyl groups is 1. The fourth-order valence-corrected chi connectivity index (χ4v) is 3.55. The first kappa shape index (κ1) is 23.5. The minimum atomic E-state index is -0.848. The maximum Gasteiger partial charge on any atom is 0.258 e. The fourth-order valence-electron chi connectivity index (χ4n) is 3.55. The van der Waals surface area contributed by atoms with Crippen molar-refractivity contribution in [1.82, 2.24) is 4.57 Å². The first-order valence-electron chi connectivity index (χ1n) is 9.91. The van der Waals surface area contributed by atoms with Gasteiger partial charge in [0.05, 0.1) is 11.3 Å². The van der Waals surface area contributed by atoms with Gasteiger partial charge in [-0.3, -0.25) is 4.79 Å². The van der Waals surface area contributed by atoms with Gasteiger partial charge in [0.2, 0.25) is 0 Å². The van der Waals surface area contributed by atoms with Crippen LogP contribution >= 0.6 is 0 Å². The molecule has 0 bridgehead atoms. The van der Waals surface area contributed by atoms with Crippen molar-refractivity contribution in [3.8, 4) is 11.1 Å². The van der Waals surface area contributed by atoms with Gasteiger partial charge >= 0.3 is 0 Å². The standard InChI is InChI=1S/C24H27NO3.CH4O/c1-15-11-12-17(13-16(15)2)21-18-9-7-8-10-19(18)23(27)25(6)22(21)20(14-26)28-24(3,4)5;1-2/h7-14,20H,1-6H3;2H,1H3. The highest BCUT2D eigenvalue weighted by Gasteiger charge is 2.27. The Morgan fingerprint density at radius 1 is 1.00 bits per heavy atom. The van der Waals surface area contributed by atoms with E-state index in [1.165, 1.54) is 5.56 Å². The van der Waals surface area contributed by atoms with Gasteiger partial charge in [-0.2, -0.15) is 0 Å². The Labute approximate surface area is 177 Å². The van der Waals surface area contributed by atoms with Gasteiger partial charge in [-0.1, -0.05) is 36.4 Å². The zero-order chi connectivity index (χ0) is 22.6. The normalized spacial score (nSPS) is 12.3. The number of carbonyl (C=O) groups excluding carboxylic acids is 1. The van der Waals surface area contributed by atoms with E-state index in [0.717, 1.165) is 35.5 Å². The molecule has 1 heterocycles. The van der Waals surface area contributed by atoms with E-state index < -0.39 is 11.7 Å². The lowest BCUT2D eigenvalue weighted by atomic mass is 9.92. The molecule has 5 nitrogen and oxygen atoms in total. The van der Waals surface area contributed by atoms with Crippen molar-refractivity contribution in [2.75, 3.05) is 7.11 Å². The summed E-state index contributed by atoms with van der Waals surface area (Å²) >= 11 is 0. The topological polar surface area (TPSA) is 68.5 Å². The van der Waals surface area contributed by atoms with E-state index in [-0.39, 0.29) is 5.56 Å². The molecule has 160 valence electrons. The number of hydrogen-bond donors (Lipinski definition) is 1. The molecule has 1 unspecified atom stereocenters. The molecular weight excluding hydrogens is 378 g/mol. The Balaban J connectivity index is 0.00000155. The molecule has 3 rings (SSSR count). The second-order valence-electron chi connectivity index (χ2n) is 8.26. The summed E-state index contributed by atoms with van der Waals surface area (Å²) in [5.41, 5.74) is 4.09. The molecule has 3 aromatic rings. The summed E-state index contributed by atoms with van der Waals surface area (Å²) in [6, 6.07) is 13.7. The SMILES string of the molecule is CO.Cc1ccc(-c2c(C(C=O)OC(C)(C)C)n(C)c(=O)c3ccccc23)cc1C. The van der Waals surface area contributed by atoms with Crippen LogP contribution in [0.15, 0.2) is 47.3 Å². The molecule has 0 aliphatic rings. The Morgan fingerprint density at radius 3 is 2.13 bits per heavy atom. The predicted octanol–water partition coefficient (Wildman–Crippen LogP) is 4.49. The molecule has 0 aliphatic carbocycles. The number of aliphatic hydroxyl groups excluding tert-OH is 1. The third kappa shape index (κ3) is 4.69. The maximum atomic E-state index is 13.0. The van der Waals surface area contributed by atoms with E-state index in [9.17, 15) is 9.59 Å².